The van der Waals surface area contributed by atoms with Gasteiger partial charge < -0.3 is 15.3 Å². The van der Waals surface area contributed by atoms with Crippen molar-refractivity contribution in [2.24, 2.45) is 5.92 Å². The molecule has 1 atom stereocenters. The molecule has 0 aliphatic heterocycles. The van der Waals surface area contributed by atoms with Crippen molar-refractivity contribution >= 4 is 29.3 Å². The van der Waals surface area contributed by atoms with Gasteiger partial charge in [0.15, 0.2) is 0 Å². The van der Waals surface area contributed by atoms with Crippen LogP contribution >= 0.6 is 11.6 Å². The summed E-state index contributed by atoms with van der Waals surface area (Å²) in [4.78, 5) is 23.9. The summed E-state index contributed by atoms with van der Waals surface area (Å²) >= 11 is 5.97. The zero-order chi connectivity index (χ0) is 14.6. The Morgan fingerprint density at radius 2 is 2.11 bits per heavy atom. The molecule has 2 N–H and O–H groups in total. The highest BCUT2D eigenvalue weighted by Crippen LogP contribution is 2.22. The van der Waals surface area contributed by atoms with Gasteiger partial charge in [0.25, 0.3) is 0 Å². The molecule has 104 valence electrons. The highest BCUT2D eigenvalue weighted by atomic mass is 35.5. The number of hydrogen-bond acceptors (Lipinski definition) is 2. The fourth-order valence-corrected chi connectivity index (χ4v) is 1.68. The predicted octanol–water partition coefficient (Wildman–Crippen LogP) is 2.83. The minimum absolute atomic E-state index is 0.130. The van der Waals surface area contributed by atoms with Gasteiger partial charge in [-0.15, -0.1) is 0 Å². The van der Waals surface area contributed by atoms with Crippen LogP contribution in [-0.2, 0) is 4.79 Å². The first-order valence-electron chi connectivity index (χ1n) is 5.82. The Hall–Kier alpha value is -1.75. The first-order valence-corrected chi connectivity index (χ1v) is 6.20. The van der Waals surface area contributed by atoms with Gasteiger partial charge in [-0.3, -0.25) is 4.79 Å². The van der Waals surface area contributed by atoms with Gasteiger partial charge >= 0.3 is 12.0 Å². The van der Waals surface area contributed by atoms with Crippen LogP contribution in [0.15, 0.2) is 18.2 Å². The molecule has 1 aromatic rings. The zero-order valence-corrected chi connectivity index (χ0v) is 11.9. The molecule has 0 heterocycles. The summed E-state index contributed by atoms with van der Waals surface area (Å²) < 4.78 is 0. The molecule has 0 saturated heterocycles. The molecule has 5 nitrogen and oxygen atoms in total. The van der Waals surface area contributed by atoms with Gasteiger partial charge in [0.1, 0.15) is 0 Å². The molecule has 1 rings (SSSR count). The number of nitrogens with one attached hydrogen (secondary N) is 1. The molecule has 0 fully saturated rings. The monoisotopic (exact) mass is 284 g/mol. The highest BCUT2D eigenvalue weighted by molar-refractivity contribution is 6.33. The fourth-order valence-electron chi connectivity index (χ4n) is 1.52. The Labute approximate surface area is 117 Å². The number of hydrogen-bond donors (Lipinski definition) is 2. The molecule has 19 heavy (non-hydrogen) atoms. The number of carboxylic acid groups (broad SMARTS) is 1. The minimum Gasteiger partial charge on any atom is -0.481 e. The smallest absolute Gasteiger partial charge is 0.321 e. The second-order valence-electron chi connectivity index (χ2n) is 4.53. The average molecular weight is 285 g/mol. The number of aryl methyl sites for hydroxylation is 1. The molecule has 0 aromatic heterocycles. The first-order chi connectivity index (χ1) is 8.81. The molecule has 0 saturated carbocycles. The van der Waals surface area contributed by atoms with Crippen LogP contribution in [0.1, 0.15) is 12.5 Å². The zero-order valence-electron chi connectivity index (χ0n) is 11.1. The summed E-state index contributed by atoms with van der Waals surface area (Å²) in [6, 6.07) is 4.91. The van der Waals surface area contributed by atoms with Gasteiger partial charge in [-0.25, -0.2) is 4.79 Å². The molecule has 2 amide bonds. The van der Waals surface area contributed by atoms with Crippen LogP contribution in [-0.4, -0.2) is 35.6 Å². The highest BCUT2D eigenvalue weighted by Gasteiger charge is 2.17. The third kappa shape index (κ3) is 4.44. The van der Waals surface area contributed by atoms with Gasteiger partial charge in [-0.2, -0.15) is 0 Å². The van der Waals surface area contributed by atoms with E-state index in [9.17, 15) is 9.59 Å². The average Bonchev–Trinajstić information content (AvgIpc) is 2.33. The molecule has 1 aromatic carbocycles. The van der Waals surface area contributed by atoms with Crippen molar-refractivity contribution in [2.75, 3.05) is 18.9 Å². The molecule has 0 aliphatic carbocycles. The number of aliphatic carboxylic acids is 1. The van der Waals surface area contributed by atoms with Crippen LogP contribution in [0.2, 0.25) is 5.02 Å². The van der Waals surface area contributed by atoms with Crippen molar-refractivity contribution in [1.82, 2.24) is 4.90 Å². The Kier molecular flexibility index (Phi) is 5.18. The van der Waals surface area contributed by atoms with Crippen molar-refractivity contribution in [1.29, 1.82) is 0 Å². The lowest BCUT2D eigenvalue weighted by molar-refractivity contribution is -0.141. The maximum absolute atomic E-state index is 11.9. The fraction of sp³-hybridized carbons (Fsp3) is 0.385. The van der Waals surface area contributed by atoms with Gasteiger partial charge in [0.05, 0.1) is 16.6 Å². The van der Waals surface area contributed by atoms with E-state index in [-0.39, 0.29) is 12.6 Å². The van der Waals surface area contributed by atoms with Gasteiger partial charge in [0, 0.05) is 13.6 Å². The second kappa shape index (κ2) is 6.43. The van der Waals surface area contributed by atoms with Gasteiger partial charge in [-0.1, -0.05) is 24.6 Å². The van der Waals surface area contributed by atoms with Crippen LogP contribution in [0, 0.1) is 12.8 Å². The summed E-state index contributed by atoms with van der Waals surface area (Å²) in [7, 11) is 1.54. The molecular formula is C13H17ClN2O3. The molecule has 0 radical (unpaired) electrons. The number of halogens is 1. The number of carbonyl (C=O) groups is 2. The number of carbonyl (C=O) groups excluding carboxylic acids is 1. The van der Waals surface area contributed by atoms with E-state index in [1.165, 1.54) is 4.90 Å². The van der Waals surface area contributed by atoms with Gasteiger partial charge in [0.2, 0.25) is 0 Å². The van der Waals surface area contributed by atoms with Gasteiger partial charge in [-0.05, 0) is 24.6 Å². The number of carboxylic acids is 1. The van der Waals surface area contributed by atoms with Crippen molar-refractivity contribution < 1.29 is 14.7 Å². The van der Waals surface area contributed by atoms with Crippen molar-refractivity contribution in [3.8, 4) is 0 Å². The number of amides is 2. The van der Waals surface area contributed by atoms with Crippen molar-refractivity contribution in [2.45, 2.75) is 13.8 Å². The van der Waals surface area contributed by atoms with Crippen molar-refractivity contribution in [3.63, 3.8) is 0 Å². The standard InChI is InChI=1S/C13H17ClN2O3/c1-8-4-5-10(14)11(6-8)15-13(19)16(3)7-9(2)12(17)18/h4-6,9H,7H2,1-3H3,(H,15,19)(H,17,18). The summed E-state index contributed by atoms with van der Waals surface area (Å²) in [6.45, 7) is 3.57. The molecule has 6 heteroatoms. The normalized spacial score (nSPS) is 11.8. The van der Waals surface area contributed by atoms with E-state index in [2.05, 4.69) is 5.32 Å². The predicted molar refractivity (Wildman–Crippen MR) is 74.6 cm³/mol. The van der Waals surface area contributed by atoms with E-state index in [1.807, 2.05) is 13.0 Å². The van der Waals surface area contributed by atoms with Crippen LogP contribution in [0.3, 0.4) is 0 Å². The molecule has 0 bridgehead atoms. The van der Waals surface area contributed by atoms with E-state index < -0.39 is 11.9 Å². The van der Waals surface area contributed by atoms with Crippen LogP contribution < -0.4 is 5.32 Å². The summed E-state index contributed by atoms with van der Waals surface area (Å²) in [5.41, 5.74) is 1.49. The quantitative estimate of drug-likeness (QED) is 0.893. The topological polar surface area (TPSA) is 69.6 Å². The minimum atomic E-state index is -0.937. The summed E-state index contributed by atoms with van der Waals surface area (Å²) in [5.74, 6) is -1.56. The maximum atomic E-state index is 11.9. The Bertz CT molecular complexity index is 491. The number of urea groups is 1. The number of rotatable bonds is 4. The second-order valence-corrected chi connectivity index (χ2v) is 4.94. The third-order valence-electron chi connectivity index (χ3n) is 2.68. The van der Waals surface area contributed by atoms with E-state index in [1.54, 1.807) is 26.1 Å². The molecule has 0 spiro atoms. The van der Waals surface area contributed by atoms with Crippen LogP contribution in [0.5, 0.6) is 0 Å². The lowest BCUT2D eigenvalue weighted by Crippen LogP contribution is -2.36. The Morgan fingerprint density at radius 1 is 1.47 bits per heavy atom. The van der Waals surface area contributed by atoms with Crippen LogP contribution in [0.4, 0.5) is 10.5 Å². The summed E-state index contributed by atoms with van der Waals surface area (Å²) in [5, 5.41) is 11.9. The van der Waals surface area contributed by atoms with E-state index in [4.69, 9.17) is 16.7 Å². The maximum Gasteiger partial charge on any atom is 0.321 e. The summed E-state index contributed by atoms with van der Waals surface area (Å²) in [6.07, 6.45) is 0. The Morgan fingerprint density at radius 3 is 2.68 bits per heavy atom. The number of nitrogens with zero attached hydrogens (tertiary/aromatic N) is 1. The molecular weight excluding hydrogens is 268 g/mol. The molecule has 0 aliphatic rings. The SMILES string of the molecule is Cc1ccc(Cl)c(NC(=O)N(C)CC(C)C(=O)O)c1. The third-order valence-corrected chi connectivity index (χ3v) is 3.01. The number of anilines is 1. The van der Waals surface area contributed by atoms with E-state index >= 15 is 0 Å². The van der Waals surface area contributed by atoms with Crippen LogP contribution in [0.25, 0.3) is 0 Å². The van der Waals surface area contributed by atoms with E-state index in [0.29, 0.717) is 10.7 Å². The molecule has 1 unspecified atom stereocenters. The lowest BCUT2D eigenvalue weighted by Gasteiger charge is -2.20. The van der Waals surface area contributed by atoms with Crippen molar-refractivity contribution in [3.05, 3.63) is 28.8 Å². The largest absolute Gasteiger partial charge is 0.481 e. The first kappa shape index (κ1) is 15.3. The lowest BCUT2D eigenvalue weighted by atomic mass is 10.2. The van der Waals surface area contributed by atoms with E-state index in [0.717, 1.165) is 5.56 Å². The number of benzene rings is 1. The Balaban J connectivity index is 2.68.